The largest absolute Gasteiger partial charge is 0.462 e. The average molecular weight is 409 g/mol. The molecular weight excluding hydrogens is 385 g/mol. The van der Waals surface area contributed by atoms with Crippen LogP contribution in [0.2, 0.25) is 0 Å². The summed E-state index contributed by atoms with van der Waals surface area (Å²) in [5, 5.41) is 3.43. The maximum atomic E-state index is 15.0. The summed E-state index contributed by atoms with van der Waals surface area (Å²) in [6.45, 7) is 5.20. The van der Waals surface area contributed by atoms with Crippen molar-refractivity contribution in [3.8, 4) is 0 Å². The fourth-order valence-electron chi connectivity index (χ4n) is 3.81. The highest BCUT2D eigenvalue weighted by Gasteiger charge is 2.21. The van der Waals surface area contributed by atoms with Crippen LogP contribution in [-0.4, -0.2) is 43.3 Å². The molecule has 30 heavy (non-hydrogen) atoms. The molecule has 156 valence electrons. The molecule has 3 aromatic rings. The number of carbonyl (C=O) groups excluding carboxylic acids is 1. The summed E-state index contributed by atoms with van der Waals surface area (Å²) >= 11 is 0. The van der Waals surface area contributed by atoms with Crippen LogP contribution in [0.15, 0.2) is 53.5 Å². The second kappa shape index (κ2) is 8.67. The molecule has 1 fully saturated rings. The van der Waals surface area contributed by atoms with Gasteiger partial charge in [0.1, 0.15) is 11.4 Å². The molecule has 0 spiro atoms. The maximum absolute atomic E-state index is 15.0. The molecule has 4 rings (SSSR count). The minimum Gasteiger partial charge on any atom is -0.462 e. The van der Waals surface area contributed by atoms with Crippen LogP contribution in [0.3, 0.4) is 0 Å². The van der Waals surface area contributed by atoms with Gasteiger partial charge in [-0.25, -0.2) is 9.18 Å². The summed E-state index contributed by atoms with van der Waals surface area (Å²) in [5.74, 6) is -1.16. The Bertz CT molecular complexity index is 1120. The molecule has 0 bridgehead atoms. The van der Waals surface area contributed by atoms with Crippen molar-refractivity contribution in [3.05, 3.63) is 75.8 Å². The number of piperazine rings is 1. The van der Waals surface area contributed by atoms with Crippen molar-refractivity contribution in [1.29, 1.82) is 0 Å². The highest BCUT2D eigenvalue weighted by Crippen LogP contribution is 2.26. The predicted molar refractivity (Wildman–Crippen MR) is 115 cm³/mol. The number of benzene rings is 2. The molecule has 2 aromatic carbocycles. The third kappa shape index (κ3) is 3.93. The molecule has 0 amide bonds. The maximum Gasteiger partial charge on any atom is 0.343 e. The molecule has 0 saturated carbocycles. The molecule has 6 nitrogen and oxygen atoms in total. The van der Waals surface area contributed by atoms with Crippen LogP contribution >= 0.6 is 0 Å². The third-order valence-corrected chi connectivity index (χ3v) is 5.30. The highest BCUT2D eigenvalue weighted by atomic mass is 19.1. The standard InChI is InChI=1S/C23H24FN3O3/c1-2-30-23(29)18-15-27(14-16-6-4-3-5-7-16)20-13-21(26-10-8-25-9-11-26)19(24)12-17(20)22(18)28/h3-7,12-13,15,25H,2,8-11,14H2,1H3. The zero-order valence-corrected chi connectivity index (χ0v) is 16.9. The number of hydrogen-bond acceptors (Lipinski definition) is 5. The van der Waals surface area contributed by atoms with Gasteiger partial charge in [0.15, 0.2) is 0 Å². The minimum atomic E-state index is -0.696. The molecule has 0 atom stereocenters. The van der Waals surface area contributed by atoms with Gasteiger partial charge in [-0.1, -0.05) is 30.3 Å². The Kier molecular flexibility index (Phi) is 5.81. The molecule has 1 aliphatic rings. The molecular formula is C23H24FN3O3. The van der Waals surface area contributed by atoms with E-state index < -0.39 is 17.2 Å². The summed E-state index contributed by atoms with van der Waals surface area (Å²) in [6, 6.07) is 12.7. The Balaban J connectivity index is 1.90. The van der Waals surface area contributed by atoms with E-state index >= 15 is 0 Å². The molecule has 0 aliphatic carbocycles. The van der Waals surface area contributed by atoms with Crippen LogP contribution in [0, 0.1) is 5.82 Å². The highest BCUT2D eigenvalue weighted by molar-refractivity contribution is 5.94. The van der Waals surface area contributed by atoms with Crippen LogP contribution in [0.5, 0.6) is 0 Å². The van der Waals surface area contributed by atoms with Gasteiger partial charge in [-0.15, -0.1) is 0 Å². The smallest absolute Gasteiger partial charge is 0.343 e. The first kappa shape index (κ1) is 20.1. The number of rotatable bonds is 5. The van der Waals surface area contributed by atoms with E-state index in [1.165, 1.54) is 12.3 Å². The summed E-state index contributed by atoms with van der Waals surface area (Å²) in [6.07, 6.45) is 1.52. The Morgan fingerprint density at radius 1 is 1.17 bits per heavy atom. The van der Waals surface area contributed by atoms with E-state index in [1.807, 2.05) is 39.8 Å². The fourth-order valence-corrected chi connectivity index (χ4v) is 3.81. The monoisotopic (exact) mass is 409 g/mol. The predicted octanol–water partition coefficient (Wildman–Crippen LogP) is 2.78. The first-order valence-corrected chi connectivity index (χ1v) is 10.1. The van der Waals surface area contributed by atoms with Crippen molar-refractivity contribution >= 4 is 22.6 Å². The molecule has 2 heterocycles. The quantitative estimate of drug-likeness (QED) is 0.657. The minimum absolute atomic E-state index is 0.0883. The average Bonchev–Trinajstić information content (AvgIpc) is 2.77. The van der Waals surface area contributed by atoms with Gasteiger partial charge < -0.3 is 19.5 Å². The van der Waals surface area contributed by atoms with Crippen LogP contribution in [0.25, 0.3) is 10.9 Å². The van der Waals surface area contributed by atoms with Crippen LogP contribution in [-0.2, 0) is 11.3 Å². The topological polar surface area (TPSA) is 63.6 Å². The number of nitrogens with one attached hydrogen (secondary N) is 1. The Morgan fingerprint density at radius 3 is 2.60 bits per heavy atom. The molecule has 1 N–H and O–H groups in total. The van der Waals surface area contributed by atoms with Gasteiger partial charge in [0.05, 0.1) is 17.8 Å². The Morgan fingerprint density at radius 2 is 1.90 bits per heavy atom. The van der Waals surface area contributed by atoms with Crippen LogP contribution < -0.4 is 15.6 Å². The lowest BCUT2D eigenvalue weighted by atomic mass is 10.1. The third-order valence-electron chi connectivity index (χ3n) is 5.30. The van der Waals surface area contributed by atoms with E-state index in [0.717, 1.165) is 18.7 Å². The van der Waals surface area contributed by atoms with Crippen molar-refractivity contribution < 1.29 is 13.9 Å². The van der Waals surface area contributed by atoms with Gasteiger partial charge >= 0.3 is 5.97 Å². The number of ether oxygens (including phenoxy) is 1. The molecule has 1 aliphatic heterocycles. The zero-order valence-electron chi connectivity index (χ0n) is 16.9. The number of anilines is 1. The zero-order chi connectivity index (χ0) is 21.1. The number of halogens is 1. The first-order valence-electron chi connectivity index (χ1n) is 10.1. The SMILES string of the molecule is CCOC(=O)c1cn(Cc2ccccc2)c2cc(N3CCNCC3)c(F)cc2c1=O. The van der Waals surface area contributed by atoms with E-state index in [2.05, 4.69) is 5.32 Å². The van der Waals surface area contributed by atoms with E-state index in [-0.39, 0.29) is 17.6 Å². The number of esters is 1. The number of hydrogen-bond donors (Lipinski definition) is 1. The number of nitrogens with zero attached hydrogens (tertiary/aromatic N) is 2. The normalized spacial score (nSPS) is 14.1. The lowest BCUT2D eigenvalue weighted by molar-refractivity contribution is 0.0524. The lowest BCUT2D eigenvalue weighted by Gasteiger charge is -2.30. The van der Waals surface area contributed by atoms with E-state index in [0.29, 0.717) is 30.8 Å². The molecule has 1 saturated heterocycles. The van der Waals surface area contributed by atoms with Gasteiger partial charge in [0, 0.05) is 44.3 Å². The molecule has 0 unspecified atom stereocenters. The molecule has 1 aromatic heterocycles. The van der Waals surface area contributed by atoms with Crippen molar-refractivity contribution in [2.75, 3.05) is 37.7 Å². The van der Waals surface area contributed by atoms with E-state index in [1.54, 1.807) is 13.0 Å². The second-order valence-electron chi connectivity index (χ2n) is 7.26. The van der Waals surface area contributed by atoms with Crippen LogP contribution in [0.1, 0.15) is 22.8 Å². The van der Waals surface area contributed by atoms with Gasteiger partial charge in [0.2, 0.25) is 5.43 Å². The number of pyridine rings is 1. The summed E-state index contributed by atoms with van der Waals surface area (Å²) < 4.78 is 21.9. The van der Waals surface area contributed by atoms with Crippen molar-refractivity contribution in [2.24, 2.45) is 0 Å². The van der Waals surface area contributed by atoms with E-state index in [9.17, 15) is 14.0 Å². The lowest BCUT2D eigenvalue weighted by Crippen LogP contribution is -2.43. The summed E-state index contributed by atoms with van der Waals surface area (Å²) in [4.78, 5) is 27.3. The van der Waals surface area contributed by atoms with Crippen molar-refractivity contribution in [2.45, 2.75) is 13.5 Å². The van der Waals surface area contributed by atoms with Gasteiger partial charge in [-0.2, -0.15) is 0 Å². The van der Waals surface area contributed by atoms with Gasteiger partial charge in [-0.05, 0) is 24.6 Å². The van der Waals surface area contributed by atoms with Crippen molar-refractivity contribution in [3.63, 3.8) is 0 Å². The molecule has 0 radical (unpaired) electrons. The Labute approximate surface area is 173 Å². The number of carbonyl (C=O) groups is 1. The number of fused-ring (bicyclic) bond motifs is 1. The molecule has 7 heteroatoms. The first-order chi connectivity index (χ1) is 14.6. The van der Waals surface area contributed by atoms with Crippen LogP contribution in [0.4, 0.5) is 10.1 Å². The Hall–Kier alpha value is -3.19. The summed E-state index contributed by atoms with van der Waals surface area (Å²) in [5.41, 5.74) is 1.46. The van der Waals surface area contributed by atoms with Gasteiger partial charge in [-0.3, -0.25) is 4.79 Å². The van der Waals surface area contributed by atoms with E-state index in [4.69, 9.17) is 4.74 Å². The van der Waals surface area contributed by atoms with Gasteiger partial charge in [0.25, 0.3) is 0 Å². The second-order valence-corrected chi connectivity index (χ2v) is 7.26. The summed E-state index contributed by atoms with van der Waals surface area (Å²) in [7, 11) is 0. The van der Waals surface area contributed by atoms with Crippen molar-refractivity contribution in [1.82, 2.24) is 9.88 Å². The number of aromatic nitrogens is 1. The fraction of sp³-hybridized carbons (Fsp3) is 0.304.